The molecule has 0 aromatic heterocycles. The van der Waals surface area contributed by atoms with E-state index in [1.807, 2.05) is 35.2 Å². The molecule has 33 heavy (non-hydrogen) atoms. The molecule has 1 saturated heterocycles. The van der Waals surface area contributed by atoms with Crippen molar-refractivity contribution in [1.82, 2.24) is 15.3 Å². The number of carbonyl (C=O) groups is 2. The summed E-state index contributed by atoms with van der Waals surface area (Å²) < 4.78 is 4.20. The van der Waals surface area contributed by atoms with Crippen LogP contribution in [0, 0.1) is 5.92 Å². The minimum absolute atomic E-state index is 0.0255. The van der Waals surface area contributed by atoms with Crippen molar-refractivity contribution >= 4 is 36.1 Å². The van der Waals surface area contributed by atoms with Gasteiger partial charge in [0.15, 0.2) is 0 Å². The van der Waals surface area contributed by atoms with Gasteiger partial charge in [-0.15, -0.1) is 0 Å². The number of allylic oxidation sites excluding steroid dienone is 1. The first-order valence-electron chi connectivity index (χ1n) is 11.1. The van der Waals surface area contributed by atoms with Crippen LogP contribution in [0.2, 0.25) is 0 Å². The third-order valence-electron chi connectivity index (χ3n) is 5.71. The van der Waals surface area contributed by atoms with E-state index in [-0.39, 0.29) is 17.5 Å². The van der Waals surface area contributed by atoms with E-state index in [0.29, 0.717) is 5.92 Å². The Labute approximate surface area is 201 Å². The zero-order valence-electron chi connectivity index (χ0n) is 19.6. The number of likely N-dealkylation sites (tertiary alicyclic amines) is 1. The van der Waals surface area contributed by atoms with Crippen LogP contribution in [-0.4, -0.2) is 58.7 Å². The highest BCUT2D eigenvalue weighted by Crippen LogP contribution is 2.27. The molecule has 2 N–H and O–H groups in total. The fraction of sp³-hybridized carbons (Fsp3) is 0.400. The molecular weight excluding hydrogens is 436 g/mol. The predicted octanol–water partition coefficient (Wildman–Crippen LogP) is 4.29. The molecule has 0 saturated carbocycles. The van der Waals surface area contributed by atoms with Gasteiger partial charge in [0.2, 0.25) is 5.91 Å². The molecule has 0 aliphatic carbocycles. The third-order valence-corrected chi connectivity index (χ3v) is 6.39. The molecule has 1 aliphatic rings. The van der Waals surface area contributed by atoms with E-state index in [1.54, 1.807) is 25.4 Å². The van der Waals surface area contributed by atoms with Crippen LogP contribution in [0.1, 0.15) is 39.2 Å². The quantitative estimate of drug-likeness (QED) is 0.175. The molecule has 2 rings (SSSR count). The van der Waals surface area contributed by atoms with Crippen molar-refractivity contribution in [2.24, 2.45) is 10.3 Å². The van der Waals surface area contributed by atoms with Crippen molar-refractivity contribution in [2.75, 3.05) is 19.6 Å². The molecule has 178 valence electrons. The van der Waals surface area contributed by atoms with Crippen molar-refractivity contribution in [3.05, 3.63) is 65.2 Å². The number of amides is 2. The third kappa shape index (κ3) is 8.55. The predicted molar refractivity (Wildman–Crippen MR) is 136 cm³/mol. The zero-order chi connectivity index (χ0) is 24.2. The van der Waals surface area contributed by atoms with Crippen molar-refractivity contribution in [2.45, 2.75) is 39.7 Å². The standard InChI is InChI=1S/C25H34N4O3S/c1-5-24(25(31)27-32)17-26-33-21(4)28-15-13-23(14-16-28)18-29(20(3)30)19(2)11-12-22-9-7-6-8-10-22/h5-12,17,19,23,32H,4,13-16,18H2,1-3H3,(H,27,31)/b12-11+,24-5+,26-17+. The van der Waals surface area contributed by atoms with E-state index in [1.165, 1.54) is 18.2 Å². The van der Waals surface area contributed by atoms with E-state index in [9.17, 15) is 9.59 Å². The topological polar surface area (TPSA) is 85.2 Å². The zero-order valence-corrected chi connectivity index (χ0v) is 20.4. The summed E-state index contributed by atoms with van der Waals surface area (Å²) in [6, 6.07) is 10.1. The lowest BCUT2D eigenvalue weighted by Crippen LogP contribution is -2.42. The highest BCUT2D eigenvalue weighted by molar-refractivity contribution is 8.01. The van der Waals surface area contributed by atoms with E-state index in [2.05, 4.69) is 35.0 Å². The molecule has 0 radical (unpaired) electrons. The molecule has 1 aromatic carbocycles. The summed E-state index contributed by atoms with van der Waals surface area (Å²) in [5, 5.41) is 9.54. The van der Waals surface area contributed by atoms with Crippen LogP contribution < -0.4 is 5.48 Å². The highest BCUT2D eigenvalue weighted by atomic mass is 32.2. The average Bonchev–Trinajstić information content (AvgIpc) is 2.84. The second-order valence-corrected chi connectivity index (χ2v) is 8.88. The van der Waals surface area contributed by atoms with Gasteiger partial charge in [-0.1, -0.05) is 55.1 Å². The lowest BCUT2D eigenvalue weighted by molar-refractivity contribution is -0.130. The molecule has 1 aliphatic heterocycles. The summed E-state index contributed by atoms with van der Waals surface area (Å²) in [5.74, 6) is -0.0818. The number of benzene rings is 1. The highest BCUT2D eigenvalue weighted by Gasteiger charge is 2.25. The Morgan fingerprint density at radius 3 is 2.58 bits per heavy atom. The van der Waals surface area contributed by atoms with E-state index in [4.69, 9.17) is 5.21 Å². The maximum atomic E-state index is 12.3. The molecule has 1 aromatic rings. The molecule has 1 fully saturated rings. The number of rotatable bonds is 10. The van der Waals surface area contributed by atoms with Gasteiger partial charge < -0.3 is 9.80 Å². The molecule has 1 unspecified atom stereocenters. The molecule has 1 atom stereocenters. The summed E-state index contributed by atoms with van der Waals surface area (Å²) in [4.78, 5) is 27.9. The lowest BCUT2D eigenvalue weighted by Gasteiger charge is -2.37. The smallest absolute Gasteiger partial charge is 0.275 e. The SMILES string of the molecule is C=C(S/N=C/C(=C\C)C(=O)NO)N1CCC(CN(C(C)=O)C(C)/C=C/c2ccccc2)CC1. The van der Waals surface area contributed by atoms with Gasteiger partial charge in [0.25, 0.3) is 5.91 Å². The number of hydrogen-bond acceptors (Lipinski definition) is 6. The number of hydrogen-bond donors (Lipinski definition) is 2. The average molecular weight is 471 g/mol. The Morgan fingerprint density at radius 2 is 2.00 bits per heavy atom. The summed E-state index contributed by atoms with van der Waals surface area (Å²) in [6.45, 7) is 11.9. The number of carbonyl (C=O) groups excluding carboxylic acids is 2. The number of nitrogens with zero attached hydrogens (tertiary/aromatic N) is 3. The maximum absolute atomic E-state index is 12.3. The van der Waals surface area contributed by atoms with Gasteiger partial charge in [0.05, 0.1) is 10.6 Å². The van der Waals surface area contributed by atoms with Gasteiger partial charge in [0, 0.05) is 50.8 Å². The Bertz CT molecular complexity index is 890. The first-order valence-corrected chi connectivity index (χ1v) is 11.9. The number of piperidine rings is 1. The molecular formula is C25H34N4O3S. The summed E-state index contributed by atoms with van der Waals surface area (Å²) in [6.07, 6.45) is 9.06. The van der Waals surface area contributed by atoms with Crippen LogP contribution in [0.4, 0.5) is 0 Å². The summed E-state index contributed by atoms with van der Waals surface area (Å²) in [7, 11) is 0. The fourth-order valence-corrected chi connectivity index (χ4v) is 4.26. The molecule has 0 spiro atoms. The van der Waals surface area contributed by atoms with Gasteiger partial charge in [-0.25, -0.2) is 9.88 Å². The van der Waals surface area contributed by atoms with Gasteiger partial charge >= 0.3 is 0 Å². The van der Waals surface area contributed by atoms with Crippen LogP contribution >= 0.6 is 11.9 Å². The molecule has 7 nitrogen and oxygen atoms in total. The first kappa shape index (κ1) is 26.4. The maximum Gasteiger partial charge on any atom is 0.275 e. The monoisotopic (exact) mass is 470 g/mol. The normalized spacial score (nSPS) is 16.2. The van der Waals surface area contributed by atoms with Gasteiger partial charge in [-0.05, 0) is 38.2 Å². The number of nitrogens with one attached hydrogen (secondary N) is 1. The van der Waals surface area contributed by atoms with Crippen molar-refractivity contribution in [1.29, 1.82) is 0 Å². The second kappa shape index (κ2) is 13.6. The first-order chi connectivity index (χ1) is 15.8. The van der Waals surface area contributed by atoms with Crippen molar-refractivity contribution in [3.63, 3.8) is 0 Å². The number of hydroxylamine groups is 1. The van der Waals surface area contributed by atoms with Crippen LogP contribution in [0.3, 0.4) is 0 Å². The largest absolute Gasteiger partial charge is 0.365 e. The van der Waals surface area contributed by atoms with Crippen LogP contribution in [-0.2, 0) is 9.59 Å². The molecule has 0 bridgehead atoms. The summed E-state index contributed by atoms with van der Waals surface area (Å²) >= 11 is 1.21. The minimum Gasteiger partial charge on any atom is -0.365 e. The van der Waals surface area contributed by atoms with Gasteiger partial charge in [0.1, 0.15) is 0 Å². The van der Waals surface area contributed by atoms with Crippen molar-refractivity contribution < 1.29 is 14.8 Å². The molecule has 2 amide bonds. The Morgan fingerprint density at radius 1 is 1.33 bits per heavy atom. The molecule has 8 heteroatoms. The van der Waals surface area contributed by atoms with Crippen LogP contribution in [0.25, 0.3) is 6.08 Å². The van der Waals surface area contributed by atoms with Gasteiger partial charge in [-0.2, -0.15) is 0 Å². The summed E-state index contributed by atoms with van der Waals surface area (Å²) in [5.41, 5.74) is 2.99. The minimum atomic E-state index is -0.601. The van der Waals surface area contributed by atoms with E-state index >= 15 is 0 Å². The Hall–Kier alpha value is -2.84. The Kier molecular flexibility index (Phi) is 10.9. The fourth-order valence-electron chi connectivity index (χ4n) is 3.67. The molecule has 1 heterocycles. The van der Waals surface area contributed by atoms with Crippen molar-refractivity contribution in [3.8, 4) is 0 Å². The second-order valence-electron chi connectivity index (χ2n) is 8.02. The van der Waals surface area contributed by atoms with Crippen LogP contribution in [0.15, 0.2) is 64.1 Å². The lowest BCUT2D eigenvalue weighted by atomic mass is 9.95. The van der Waals surface area contributed by atoms with E-state index in [0.717, 1.165) is 43.1 Å². The van der Waals surface area contributed by atoms with Gasteiger partial charge in [-0.3, -0.25) is 14.8 Å². The Balaban J connectivity index is 1.84. The van der Waals surface area contributed by atoms with E-state index < -0.39 is 5.91 Å². The van der Waals surface area contributed by atoms with Crippen LogP contribution in [0.5, 0.6) is 0 Å².